The average Bonchev–Trinajstić information content (AvgIpc) is 3.40. The maximum absolute atomic E-state index is 12.4. The van der Waals surface area contributed by atoms with Crippen LogP contribution in [0.4, 0.5) is 5.82 Å². The monoisotopic (exact) mass is 383 g/mol. The van der Waals surface area contributed by atoms with Gasteiger partial charge in [-0.2, -0.15) is 0 Å². The number of anilines is 1. The van der Waals surface area contributed by atoms with E-state index in [-0.39, 0.29) is 18.0 Å². The van der Waals surface area contributed by atoms with Gasteiger partial charge in [-0.15, -0.1) is 5.10 Å². The van der Waals surface area contributed by atoms with Gasteiger partial charge in [-0.05, 0) is 39.0 Å². The minimum absolute atomic E-state index is 0.106. The number of hydrogen-bond donors (Lipinski definition) is 1. The van der Waals surface area contributed by atoms with Gasteiger partial charge in [-0.3, -0.25) is 4.79 Å². The molecule has 1 atom stereocenters. The highest BCUT2D eigenvalue weighted by atomic mass is 16.2. The van der Waals surface area contributed by atoms with Gasteiger partial charge in [0.05, 0.1) is 12.2 Å². The van der Waals surface area contributed by atoms with Crippen molar-refractivity contribution in [2.75, 3.05) is 18.0 Å². The van der Waals surface area contributed by atoms with Crippen molar-refractivity contribution >= 4 is 11.7 Å². The van der Waals surface area contributed by atoms with Crippen LogP contribution >= 0.6 is 0 Å². The summed E-state index contributed by atoms with van der Waals surface area (Å²) in [5.74, 6) is 1.71. The molecule has 28 heavy (non-hydrogen) atoms. The molecule has 0 bridgehead atoms. The van der Waals surface area contributed by atoms with Crippen LogP contribution in [0.2, 0.25) is 0 Å². The summed E-state index contributed by atoms with van der Waals surface area (Å²) in [5.41, 5.74) is 1.58. The number of hydrogen-bond acceptors (Lipinski definition) is 6. The molecular formula is C20H29N7O. The topological polar surface area (TPSA) is 88.8 Å². The van der Waals surface area contributed by atoms with Crippen LogP contribution in [0.3, 0.4) is 0 Å². The maximum Gasteiger partial charge on any atom is 0.273 e. The first-order chi connectivity index (χ1) is 13.6. The van der Waals surface area contributed by atoms with Crippen LogP contribution in [-0.4, -0.2) is 50.0 Å². The van der Waals surface area contributed by atoms with E-state index in [1.807, 2.05) is 17.8 Å². The fourth-order valence-corrected chi connectivity index (χ4v) is 4.26. The lowest BCUT2D eigenvalue weighted by Gasteiger charge is -2.34. The zero-order valence-corrected chi connectivity index (χ0v) is 16.8. The second-order valence-corrected chi connectivity index (χ2v) is 7.90. The van der Waals surface area contributed by atoms with Crippen LogP contribution in [-0.2, 0) is 6.42 Å². The number of nitrogens with zero attached hydrogens (tertiary/aromatic N) is 6. The van der Waals surface area contributed by atoms with Crippen molar-refractivity contribution in [3.05, 3.63) is 29.5 Å². The van der Waals surface area contributed by atoms with Crippen molar-refractivity contribution in [3.63, 3.8) is 0 Å². The summed E-state index contributed by atoms with van der Waals surface area (Å²) in [5, 5.41) is 11.5. The number of carbonyl (C=O) groups is 1. The largest absolute Gasteiger partial charge is 0.354 e. The molecule has 1 N–H and O–H groups in total. The summed E-state index contributed by atoms with van der Waals surface area (Å²) in [6, 6.07) is 0.477. The van der Waals surface area contributed by atoms with Gasteiger partial charge >= 0.3 is 0 Å². The molecule has 3 heterocycles. The van der Waals surface area contributed by atoms with E-state index in [0.29, 0.717) is 5.69 Å². The molecule has 1 amide bonds. The lowest BCUT2D eigenvalue weighted by molar-refractivity contribution is 0.0932. The number of aromatic nitrogens is 5. The highest BCUT2D eigenvalue weighted by molar-refractivity contribution is 5.92. The smallest absolute Gasteiger partial charge is 0.273 e. The van der Waals surface area contributed by atoms with Gasteiger partial charge < -0.3 is 10.2 Å². The Bertz CT molecular complexity index is 828. The number of amides is 1. The number of carbonyl (C=O) groups excluding carboxylic acids is 1. The minimum Gasteiger partial charge on any atom is -0.354 e. The lowest BCUT2D eigenvalue weighted by Crippen LogP contribution is -2.38. The zero-order chi connectivity index (χ0) is 19.5. The van der Waals surface area contributed by atoms with Gasteiger partial charge in [0.2, 0.25) is 0 Å². The molecule has 8 heteroatoms. The van der Waals surface area contributed by atoms with Crippen molar-refractivity contribution in [3.8, 4) is 0 Å². The Hall–Kier alpha value is -2.51. The third-order valence-corrected chi connectivity index (χ3v) is 5.85. The van der Waals surface area contributed by atoms with Crippen molar-refractivity contribution in [2.45, 2.75) is 70.9 Å². The van der Waals surface area contributed by atoms with Crippen molar-refractivity contribution in [1.29, 1.82) is 0 Å². The molecule has 2 aromatic heterocycles. The summed E-state index contributed by atoms with van der Waals surface area (Å²) in [6.07, 6.45) is 11.2. The fourth-order valence-electron chi connectivity index (χ4n) is 4.26. The summed E-state index contributed by atoms with van der Waals surface area (Å²) in [6.45, 7) is 5.85. The Balaban J connectivity index is 1.46. The molecule has 0 unspecified atom stereocenters. The van der Waals surface area contributed by atoms with Crippen molar-refractivity contribution < 1.29 is 4.79 Å². The number of nitrogens with one attached hydrogen (secondary N) is 1. The highest BCUT2D eigenvalue weighted by Crippen LogP contribution is 2.27. The zero-order valence-electron chi connectivity index (χ0n) is 16.8. The van der Waals surface area contributed by atoms with E-state index < -0.39 is 0 Å². The molecule has 2 aliphatic rings. The van der Waals surface area contributed by atoms with Crippen LogP contribution < -0.4 is 10.2 Å². The molecular weight excluding hydrogens is 354 g/mol. The van der Waals surface area contributed by atoms with Crippen LogP contribution in [0, 0.1) is 6.92 Å². The molecule has 1 aliphatic carbocycles. The second-order valence-electron chi connectivity index (χ2n) is 7.90. The SMILES string of the molecule is CCc1cnc(C)nc1N1CCC[C@H](n2cc(C(=O)NC3CCCC3)nn2)C1. The molecule has 2 aromatic rings. The molecule has 1 saturated carbocycles. The Labute approximate surface area is 165 Å². The van der Waals surface area contributed by atoms with Gasteiger partial charge in [0, 0.05) is 30.9 Å². The number of rotatable bonds is 5. The Morgan fingerprint density at radius 3 is 2.86 bits per heavy atom. The Morgan fingerprint density at radius 2 is 2.07 bits per heavy atom. The summed E-state index contributed by atoms with van der Waals surface area (Å²) < 4.78 is 1.86. The summed E-state index contributed by atoms with van der Waals surface area (Å²) in [4.78, 5) is 23.8. The molecule has 0 aromatic carbocycles. The first-order valence-corrected chi connectivity index (χ1v) is 10.4. The van der Waals surface area contributed by atoms with Gasteiger partial charge in [0.1, 0.15) is 11.6 Å². The second kappa shape index (κ2) is 8.24. The summed E-state index contributed by atoms with van der Waals surface area (Å²) in [7, 11) is 0. The van der Waals surface area contributed by atoms with Gasteiger partial charge in [0.25, 0.3) is 5.91 Å². The number of piperidine rings is 1. The Kier molecular flexibility index (Phi) is 5.54. The first kappa shape index (κ1) is 18.8. The fraction of sp³-hybridized carbons (Fsp3) is 0.650. The van der Waals surface area contributed by atoms with E-state index in [1.54, 1.807) is 6.20 Å². The predicted molar refractivity (Wildman–Crippen MR) is 106 cm³/mol. The molecule has 0 radical (unpaired) electrons. The van der Waals surface area contributed by atoms with E-state index in [1.165, 1.54) is 18.4 Å². The molecule has 1 aliphatic heterocycles. The minimum atomic E-state index is -0.106. The predicted octanol–water partition coefficient (Wildman–Crippen LogP) is 2.45. The van der Waals surface area contributed by atoms with Crippen LogP contribution in [0.1, 0.15) is 73.4 Å². The third kappa shape index (κ3) is 4.00. The van der Waals surface area contributed by atoms with Crippen LogP contribution in [0.15, 0.2) is 12.4 Å². The molecule has 2 fully saturated rings. The molecule has 0 spiro atoms. The third-order valence-electron chi connectivity index (χ3n) is 5.85. The maximum atomic E-state index is 12.4. The molecule has 1 saturated heterocycles. The van der Waals surface area contributed by atoms with E-state index in [9.17, 15) is 4.79 Å². The summed E-state index contributed by atoms with van der Waals surface area (Å²) >= 11 is 0. The van der Waals surface area contributed by atoms with Gasteiger partial charge in [0.15, 0.2) is 5.69 Å². The van der Waals surface area contributed by atoms with E-state index in [2.05, 4.69) is 32.4 Å². The normalized spacial score (nSPS) is 20.5. The van der Waals surface area contributed by atoms with Crippen LogP contribution in [0.5, 0.6) is 0 Å². The lowest BCUT2D eigenvalue weighted by atomic mass is 10.0. The van der Waals surface area contributed by atoms with Gasteiger partial charge in [-0.1, -0.05) is 25.0 Å². The van der Waals surface area contributed by atoms with E-state index in [4.69, 9.17) is 4.98 Å². The molecule has 4 rings (SSSR count). The highest BCUT2D eigenvalue weighted by Gasteiger charge is 2.26. The van der Waals surface area contributed by atoms with Crippen molar-refractivity contribution in [1.82, 2.24) is 30.3 Å². The van der Waals surface area contributed by atoms with Crippen LogP contribution in [0.25, 0.3) is 0 Å². The van der Waals surface area contributed by atoms with Crippen molar-refractivity contribution in [2.24, 2.45) is 0 Å². The average molecular weight is 384 g/mol. The van der Waals surface area contributed by atoms with E-state index >= 15 is 0 Å². The standard InChI is InChI=1S/C20H29N7O/c1-3-15-11-21-14(2)22-19(15)26-10-6-9-17(12-26)27-13-18(24-25-27)20(28)23-16-7-4-5-8-16/h11,13,16-17H,3-10,12H2,1-2H3,(H,23,28)/t17-/m0/s1. The molecule has 150 valence electrons. The number of aryl methyl sites for hydroxylation is 2. The Morgan fingerprint density at radius 1 is 1.25 bits per heavy atom. The van der Waals surface area contributed by atoms with Gasteiger partial charge in [-0.25, -0.2) is 14.6 Å². The molecule has 8 nitrogen and oxygen atoms in total. The van der Waals surface area contributed by atoms with E-state index in [0.717, 1.165) is 56.8 Å². The first-order valence-electron chi connectivity index (χ1n) is 10.4. The quantitative estimate of drug-likeness (QED) is 0.853.